The van der Waals surface area contributed by atoms with Gasteiger partial charge in [0.2, 0.25) is 5.82 Å². The number of carbonyl (C=O) groups is 1. The van der Waals surface area contributed by atoms with Crippen molar-refractivity contribution < 1.29 is 24.3 Å². The zero-order valence-electron chi connectivity index (χ0n) is 10.1. The molecule has 0 radical (unpaired) electrons. The summed E-state index contributed by atoms with van der Waals surface area (Å²) in [5.41, 5.74) is -0.671. The lowest BCUT2D eigenvalue weighted by Gasteiger charge is -2.14. The molecule has 0 bridgehead atoms. The van der Waals surface area contributed by atoms with Gasteiger partial charge in [-0.25, -0.2) is 0 Å². The van der Waals surface area contributed by atoms with E-state index in [0.717, 1.165) is 12.1 Å². The van der Waals surface area contributed by atoms with Crippen molar-refractivity contribution >= 4 is 11.6 Å². The summed E-state index contributed by atoms with van der Waals surface area (Å²) >= 11 is 0. The van der Waals surface area contributed by atoms with Crippen molar-refractivity contribution in [2.45, 2.75) is 13.0 Å². The molecule has 0 saturated carbocycles. The molecule has 104 valence electrons. The summed E-state index contributed by atoms with van der Waals surface area (Å²) in [7, 11) is 0. The summed E-state index contributed by atoms with van der Waals surface area (Å²) in [6, 6.07) is 0.835. The molecule has 8 heteroatoms. The summed E-state index contributed by atoms with van der Waals surface area (Å²) in [6.07, 6.45) is 0. The fourth-order valence-corrected chi connectivity index (χ4v) is 1.46. The van der Waals surface area contributed by atoms with Gasteiger partial charge in [0.05, 0.1) is 24.2 Å². The predicted octanol–water partition coefficient (Wildman–Crippen LogP) is 0.125. The Labute approximate surface area is 107 Å². The highest BCUT2D eigenvalue weighted by Crippen LogP contribution is 2.22. The molecule has 0 saturated heterocycles. The molecule has 0 aliphatic carbocycles. The molecular weight excluding hydrogens is 259 g/mol. The number of hydrogen-bond donors (Lipinski definition) is 3. The van der Waals surface area contributed by atoms with Crippen molar-refractivity contribution in [1.82, 2.24) is 5.32 Å². The zero-order valence-corrected chi connectivity index (χ0v) is 10.1. The van der Waals surface area contributed by atoms with E-state index in [0.29, 0.717) is 0 Å². The maximum atomic E-state index is 13.3. The van der Waals surface area contributed by atoms with E-state index in [1.54, 1.807) is 0 Å². The van der Waals surface area contributed by atoms with Crippen molar-refractivity contribution in [2.75, 3.05) is 13.2 Å². The van der Waals surface area contributed by atoms with Crippen LogP contribution in [0.15, 0.2) is 12.1 Å². The van der Waals surface area contributed by atoms with E-state index in [1.807, 2.05) is 0 Å². The molecule has 3 N–H and O–H groups in total. The van der Waals surface area contributed by atoms with Gasteiger partial charge >= 0.3 is 5.69 Å². The quantitative estimate of drug-likeness (QED) is 0.520. The van der Waals surface area contributed by atoms with Gasteiger partial charge in [-0.15, -0.1) is 0 Å². The van der Waals surface area contributed by atoms with Crippen molar-refractivity contribution in [1.29, 1.82) is 0 Å². The fourth-order valence-electron chi connectivity index (χ4n) is 1.46. The first-order chi connectivity index (χ1) is 8.90. The third-order valence-corrected chi connectivity index (χ3v) is 2.51. The van der Waals surface area contributed by atoms with E-state index >= 15 is 0 Å². The third kappa shape index (κ3) is 3.46. The van der Waals surface area contributed by atoms with Crippen LogP contribution < -0.4 is 5.32 Å². The highest BCUT2D eigenvalue weighted by molar-refractivity contribution is 5.96. The van der Waals surface area contributed by atoms with Gasteiger partial charge in [0.1, 0.15) is 0 Å². The first-order valence-electron chi connectivity index (χ1n) is 5.37. The van der Waals surface area contributed by atoms with Gasteiger partial charge in [-0.3, -0.25) is 14.9 Å². The molecule has 0 spiro atoms. The number of hydrogen-bond acceptors (Lipinski definition) is 5. The number of benzene rings is 1. The van der Waals surface area contributed by atoms with Gasteiger partial charge in [-0.1, -0.05) is 0 Å². The lowest BCUT2D eigenvalue weighted by molar-refractivity contribution is -0.387. The van der Waals surface area contributed by atoms with Gasteiger partial charge in [-0.05, 0) is 18.6 Å². The fraction of sp³-hybridized carbons (Fsp3) is 0.364. The molecule has 1 aromatic rings. The second-order valence-electron chi connectivity index (χ2n) is 3.91. The number of aryl methyl sites for hydroxylation is 1. The minimum absolute atomic E-state index is 0.0833. The number of carbonyl (C=O) groups excluding carboxylic acids is 1. The average Bonchev–Trinajstić information content (AvgIpc) is 2.35. The predicted molar refractivity (Wildman–Crippen MR) is 63.2 cm³/mol. The average molecular weight is 272 g/mol. The summed E-state index contributed by atoms with van der Waals surface area (Å²) in [4.78, 5) is 21.5. The molecule has 0 fully saturated rings. The summed E-state index contributed by atoms with van der Waals surface area (Å²) < 4.78 is 13.3. The first-order valence-corrected chi connectivity index (χ1v) is 5.37. The van der Waals surface area contributed by atoms with Crippen LogP contribution in [0.3, 0.4) is 0 Å². The van der Waals surface area contributed by atoms with Gasteiger partial charge in [0.15, 0.2) is 0 Å². The maximum absolute atomic E-state index is 13.3. The van der Waals surface area contributed by atoms with Crippen molar-refractivity contribution in [3.63, 3.8) is 0 Å². The van der Waals surface area contributed by atoms with E-state index in [9.17, 15) is 19.3 Å². The Morgan fingerprint density at radius 3 is 2.53 bits per heavy atom. The molecule has 0 aliphatic heterocycles. The first kappa shape index (κ1) is 15.0. The van der Waals surface area contributed by atoms with Crippen molar-refractivity contribution in [3.8, 4) is 0 Å². The number of halogens is 1. The van der Waals surface area contributed by atoms with Crippen LogP contribution in [-0.2, 0) is 0 Å². The highest BCUT2D eigenvalue weighted by atomic mass is 19.1. The largest absolute Gasteiger partial charge is 0.394 e. The van der Waals surface area contributed by atoms with Gasteiger partial charge in [-0.2, -0.15) is 4.39 Å². The van der Waals surface area contributed by atoms with Crippen LogP contribution in [0.25, 0.3) is 0 Å². The minimum atomic E-state index is -1.03. The zero-order chi connectivity index (χ0) is 14.6. The van der Waals surface area contributed by atoms with Crippen LogP contribution in [-0.4, -0.2) is 40.3 Å². The van der Waals surface area contributed by atoms with Crippen LogP contribution in [0.1, 0.15) is 15.9 Å². The summed E-state index contributed by atoms with van der Waals surface area (Å²) in [6.45, 7) is 0.462. The molecule has 7 nitrogen and oxygen atoms in total. The normalized spacial score (nSPS) is 10.6. The third-order valence-electron chi connectivity index (χ3n) is 2.51. The van der Waals surface area contributed by atoms with Crippen LogP contribution in [0.5, 0.6) is 0 Å². The van der Waals surface area contributed by atoms with Gasteiger partial charge in [0.25, 0.3) is 5.91 Å². The van der Waals surface area contributed by atoms with E-state index in [1.165, 1.54) is 6.92 Å². The Kier molecular flexibility index (Phi) is 4.90. The van der Waals surface area contributed by atoms with E-state index in [4.69, 9.17) is 10.2 Å². The number of nitro groups is 1. The molecule has 0 unspecified atom stereocenters. The van der Waals surface area contributed by atoms with E-state index < -0.39 is 41.6 Å². The second-order valence-corrected chi connectivity index (χ2v) is 3.91. The minimum Gasteiger partial charge on any atom is -0.394 e. The Bertz CT molecular complexity index is 502. The number of nitro benzene ring substituents is 1. The van der Waals surface area contributed by atoms with E-state index in [2.05, 4.69) is 5.32 Å². The molecule has 1 aromatic carbocycles. The number of aliphatic hydroxyl groups is 2. The highest BCUT2D eigenvalue weighted by Gasteiger charge is 2.21. The van der Waals surface area contributed by atoms with Crippen LogP contribution >= 0.6 is 0 Å². The standard InChI is InChI=1S/C11H13FN2O5/c1-6-2-9(12)10(14(18)19)3-8(6)11(17)13-7(4-15)5-16/h2-3,7,15-16H,4-5H2,1H3,(H,13,17). The molecular formula is C11H13FN2O5. The lowest BCUT2D eigenvalue weighted by atomic mass is 10.1. The molecule has 1 amide bonds. The van der Waals surface area contributed by atoms with Gasteiger partial charge in [0, 0.05) is 11.6 Å². The Morgan fingerprint density at radius 1 is 1.47 bits per heavy atom. The molecule has 0 heterocycles. The number of aliphatic hydroxyl groups excluding tert-OH is 2. The SMILES string of the molecule is Cc1cc(F)c([N+](=O)[O-])cc1C(=O)NC(CO)CO. The van der Waals surface area contributed by atoms with Crippen LogP contribution in [0.2, 0.25) is 0 Å². The Hall–Kier alpha value is -2.06. The Morgan fingerprint density at radius 2 is 2.05 bits per heavy atom. The number of nitrogens with zero attached hydrogens (tertiary/aromatic N) is 1. The van der Waals surface area contributed by atoms with Crippen molar-refractivity contribution in [3.05, 3.63) is 39.2 Å². The van der Waals surface area contributed by atoms with Crippen molar-refractivity contribution in [2.24, 2.45) is 0 Å². The van der Waals surface area contributed by atoms with E-state index in [-0.39, 0.29) is 11.1 Å². The molecule has 0 atom stereocenters. The summed E-state index contributed by atoms with van der Waals surface area (Å²) in [5.74, 6) is -1.76. The number of amides is 1. The van der Waals surface area contributed by atoms with Crippen LogP contribution in [0, 0.1) is 22.9 Å². The second kappa shape index (κ2) is 6.21. The molecule has 19 heavy (non-hydrogen) atoms. The number of rotatable bonds is 5. The van der Waals surface area contributed by atoms with Crippen LogP contribution in [0.4, 0.5) is 10.1 Å². The smallest absolute Gasteiger partial charge is 0.305 e. The lowest BCUT2D eigenvalue weighted by Crippen LogP contribution is -2.40. The van der Waals surface area contributed by atoms with Gasteiger partial charge < -0.3 is 15.5 Å². The topological polar surface area (TPSA) is 113 Å². The Balaban J connectivity index is 3.09. The molecule has 0 aromatic heterocycles. The number of nitrogens with one attached hydrogen (secondary N) is 1. The molecule has 0 aliphatic rings. The molecule has 1 rings (SSSR count). The maximum Gasteiger partial charge on any atom is 0.305 e. The summed E-state index contributed by atoms with van der Waals surface area (Å²) in [5, 5.41) is 30.5. The monoisotopic (exact) mass is 272 g/mol.